The number of carbonyl (C=O) groups excluding carboxylic acids is 1. The van der Waals surface area contributed by atoms with Crippen LogP contribution >= 0.6 is 15.9 Å². The molecule has 1 saturated heterocycles. The van der Waals surface area contributed by atoms with Crippen LogP contribution in [0.1, 0.15) is 29.3 Å². The maximum Gasteiger partial charge on any atom is 0.416 e. The molecule has 186 valence electrons. The molecule has 1 aliphatic heterocycles. The summed E-state index contributed by atoms with van der Waals surface area (Å²) in [5, 5.41) is 10.2. The van der Waals surface area contributed by atoms with E-state index < -0.39 is 17.6 Å². The van der Waals surface area contributed by atoms with Crippen molar-refractivity contribution in [3.8, 4) is 0 Å². The van der Waals surface area contributed by atoms with Gasteiger partial charge in [-0.25, -0.2) is 0 Å². The van der Waals surface area contributed by atoms with Crippen LogP contribution in [-0.4, -0.2) is 51.3 Å². The van der Waals surface area contributed by atoms with E-state index in [-0.39, 0.29) is 28.2 Å². The Balaban J connectivity index is 1.52. The molecule has 1 amide bonds. The highest BCUT2D eigenvalue weighted by Gasteiger charge is 2.37. The van der Waals surface area contributed by atoms with Crippen molar-refractivity contribution >= 4 is 39.0 Å². The normalized spacial score (nSPS) is 15.7. The van der Waals surface area contributed by atoms with Gasteiger partial charge in [0.25, 0.3) is 5.56 Å². The Labute approximate surface area is 206 Å². The quantitative estimate of drug-likeness (QED) is 0.503. The van der Waals surface area contributed by atoms with Crippen molar-refractivity contribution in [2.75, 3.05) is 36.4 Å². The Hall–Kier alpha value is -2.93. The predicted molar refractivity (Wildman–Crippen MR) is 127 cm³/mol. The highest BCUT2D eigenvalue weighted by molar-refractivity contribution is 9.10. The number of carbonyl (C=O) groups is 1. The summed E-state index contributed by atoms with van der Waals surface area (Å²) in [6.45, 7) is 4.44. The number of nitrogens with zero attached hydrogens (tertiary/aromatic N) is 5. The van der Waals surface area contributed by atoms with Crippen LogP contribution in [0.25, 0.3) is 5.78 Å². The number of piperazine rings is 1. The average molecular weight is 554 g/mol. The Morgan fingerprint density at radius 3 is 2.54 bits per heavy atom. The summed E-state index contributed by atoms with van der Waals surface area (Å²) in [4.78, 5) is 32.7. The summed E-state index contributed by atoms with van der Waals surface area (Å²) >= 11 is 3.22. The van der Waals surface area contributed by atoms with Crippen LogP contribution in [0.5, 0.6) is 0 Å². The first-order valence-electron chi connectivity index (χ1n) is 11.3. The molecule has 2 N–H and O–H groups in total. The van der Waals surface area contributed by atoms with Crippen LogP contribution in [0.3, 0.4) is 0 Å². The Kier molecular flexibility index (Phi) is 6.08. The van der Waals surface area contributed by atoms with E-state index in [4.69, 9.17) is 0 Å². The van der Waals surface area contributed by atoms with Crippen LogP contribution in [0, 0.1) is 0 Å². The fraction of sp³-hybridized carbons (Fsp3) is 0.455. The largest absolute Gasteiger partial charge is 0.416 e. The summed E-state index contributed by atoms with van der Waals surface area (Å²) in [6, 6.07) is 2.32. The van der Waals surface area contributed by atoms with Gasteiger partial charge in [0.15, 0.2) is 0 Å². The van der Waals surface area contributed by atoms with Crippen LogP contribution in [0.15, 0.2) is 21.7 Å². The average Bonchev–Trinajstić information content (AvgIpc) is 3.18. The Morgan fingerprint density at radius 2 is 1.91 bits per heavy atom. The van der Waals surface area contributed by atoms with Gasteiger partial charge in [0, 0.05) is 31.9 Å². The third kappa shape index (κ3) is 4.20. The van der Waals surface area contributed by atoms with E-state index >= 15 is 0 Å². The number of hydrogen-bond acceptors (Lipinski definition) is 6. The number of amides is 1. The molecule has 1 aromatic carbocycles. The van der Waals surface area contributed by atoms with E-state index in [1.807, 2.05) is 11.8 Å². The number of nitrogens with one attached hydrogen (secondary N) is 2. The highest BCUT2D eigenvalue weighted by Crippen LogP contribution is 2.41. The summed E-state index contributed by atoms with van der Waals surface area (Å²) in [6.07, 6.45) is -3.15. The van der Waals surface area contributed by atoms with Gasteiger partial charge < -0.3 is 20.1 Å². The number of halogens is 4. The van der Waals surface area contributed by atoms with Gasteiger partial charge in [-0.1, -0.05) is 6.92 Å². The van der Waals surface area contributed by atoms with Gasteiger partial charge >= 0.3 is 6.18 Å². The standard InChI is InChI=1S/C22H23BrF3N7O2/c1-2-16-18(31-9-7-27-8-10-31)19(35)33-21(29-20(23)30-33)32(16)11-17(34)28-15-6-5-14(22(24,25)26)12-3-4-13(12)15/h5-6,27H,2-4,7-11H2,1H3,(H,28,34). The highest BCUT2D eigenvalue weighted by atomic mass is 79.9. The lowest BCUT2D eigenvalue weighted by atomic mass is 9.83. The molecule has 13 heteroatoms. The van der Waals surface area contributed by atoms with Gasteiger partial charge in [0.1, 0.15) is 12.2 Å². The molecule has 5 rings (SSSR count). The zero-order chi connectivity index (χ0) is 24.9. The van der Waals surface area contributed by atoms with Crippen molar-refractivity contribution in [1.82, 2.24) is 24.5 Å². The lowest BCUT2D eigenvalue weighted by Gasteiger charge is -2.31. The number of aromatic nitrogens is 4. The van der Waals surface area contributed by atoms with Gasteiger partial charge in [-0.05, 0) is 58.5 Å². The van der Waals surface area contributed by atoms with Crippen molar-refractivity contribution in [3.63, 3.8) is 0 Å². The van der Waals surface area contributed by atoms with Crippen LogP contribution in [0.4, 0.5) is 24.5 Å². The molecule has 1 fully saturated rings. The predicted octanol–water partition coefficient (Wildman–Crippen LogP) is 2.38. The van der Waals surface area contributed by atoms with E-state index in [2.05, 4.69) is 36.6 Å². The molecule has 0 saturated carbocycles. The molecule has 0 radical (unpaired) electrons. The lowest BCUT2D eigenvalue weighted by molar-refractivity contribution is -0.138. The minimum atomic E-state index is -4.42. The number of alkyl halides is 3. The van der Waals surface area contributed by atoms with E-state index in [0.29, 0.717) is 55.0 Å². The molecule has 0 bridgehead atoms. The van der Waals surface area contributed by atoms with Crippen LogP contribution in [0.2, 0.25) is 0 Å². The molecule has 0 spiro atoms. The number of benzene rings is 1. The maximum absolute atomic E-state index is 13.3. The first-order chi connectivity index (χ1) is 16.7. The van der Waals surface area contributed by atoms with Crippen LogP contribution in [-0.2, 0) is 36.8 Å². The zero-order valence-corrected chi connectivity index (χ0v) is 20.5. The Bertz CT molecular complexity index is 1380. The second kappa shape index (κ2) is 8.94. The number of fused-ring (bicyclic) bond motifs is 2. The van der Waals surface area contributed by atoms with E-state index in [9.17, 15) is 22.8 Å². The van der Waals surface area contributed by atoms with E-state index in [1.54, 1.807) is 4.57 Å². The van der Waals surface area contributed by atoms with Crippen LogP contribution < -0.4 is 21.1 Å². The molecule has 2 aromatic heterocycles. The third-order valence-electron chi connectivity index (χ3n) is 6.51. The Morgan fingerprint density at radius 1 is 1.20 bits per heavy atom. The van der Waals surface area contributed by atoms with Crippen molar-refractivity contribution < 1.29 is 18.0 Å². The first-order valence-corrected chi connectivity index (χ1v) is 12.1. The van der Waals surface area contributed by atoms with Gasteiger partial charge in [0.05, 0.1) is 11.3 Å². The molecular weight excluding hydrogens is 531 g/mol. The van der Waals surface area contributed by atoms with Crippen molar-refractivity contribution in [3.05, 3.63) is 49.6 Å². The summed E-state index contributed by atoms with van der Waals surface area (Å²) in [5.74, 6) is -0.210. The molecule has 35 heavy (non-hydrogen) atoms. The second-order valence-corrected chi connectivity index (χ2v) is 9.24. The third-order valence-corrected chi connectivity index (χ3v) is 6.84. The number of rotatable bonds is 5. The molecule has 0 unspecified atom stereocenters. The van der Waals surface area contributed by atoms with Gasteiger partial charge in [-0.2, -0.15) is 22.7 Å². The first kappa shape index (κ1) is 23.8. The SMILES string of the molecule is CCc1c(N2CCNCC2)c(=O)n2nc(Br)nc2n1CC(=O)Nc1ccc(C(F)(F)F)c2c1CC2. The molecule has 0 atom stereocenters. The minimum absolute atomic E-state index is 0.174. The molecule has 1 aliphatic carbocycles. The number of hydrogen-bond donors (Lipinski definition) is 2. The van der Waals surface area contributed by atoms with E-state index in [1.165, 1.54) is 10.6 Å². The fourth-order valence-corrected chi connectivity index (χ4v) is 5.16. The topological polar surface area (TPSA) is 96.6 Å². The maximum atomic E-state index is 13.3. The summed E-state index contributed by atoms with van der Waals surface area (Å²) < 4.78 is 42.8. The molecular formula is C22H23BrF3N7O2. The van der Waals surface area contributed by atoms with E-state index in [0.717, 1.165) is 19.2 Å². The lowest BCUT2D eigenvalue weighted by Crippen LogP contribution is -2.47. The summed E-state index contributed by atoms with van der Waals surface area (Å²) in [7, 11) is 0. The smallest absolute Gasteiger partial charge is 0.363 e. The van der Waals surface area contributed by atoms with Gasteiger partial charge in [-0.3, -0.25) is 9.59 Å². The van der Waals surface area contributed by atoms with Crippen molar-refractivity contribution in [2.45, 2.75) is 38.9 Å². The summed E-state index contributed by atoms with van der Waals surface area (Å²) in [5.41, 5.74) is 1.30. The number of anilines is 2. The fourth-order valence-electron chi connectivity index (χ4n) is 4.85. The monoisotopic (exact) mass is 553 g/mol. The van der Waals surface area contributed by atoms with Crippen molar-refractivity contribution in [1.29, 1.82) is 0 Å². The molecule has 2 aliphatic rings. The molecule has 3 heterocycles. The van der Waals surface area contributed by atoms with Crippen molar-refractivity contribution in [2.24, 2.45) is 0 Å². The zero-order valence-electron chi connectivity index (χ0n) is 18.9. The van der Waals surface area contributed by atoms with Gasteiger partial charge in [-0.15, -0.1) is 5.10 Å². The molecule has 9 nitrogen and oxygen atoms in total. The van der Waals surface area contributed by atoms with Gasteiger partial charge in [0.2, 0.25) is 16.4 Å². The second-order valence-electron chi connectivity index (χ2n) is 8.53. The molecule has 3 aromatic rings. The minimum Gasteiger partial charge on any atom is -0.363 e.